The van der Waals surface area contributed by atoms with Gasteiger partial charge in [0.25, 0.3) is 5.91 Å². The quantitative estimate of drug-likeness (QED) is 0.690. The van der Waals surface area contributed by atoms with E-state index in [1.807, 2.05) is 20.8 Å². The Morgan fingerprint density at radius 2 is 1.77 bits per heavy atom. The molecule has 1 aromatic carbocycles. The van der Waals surface area contributed by atoms with Crippen LogP contribution in [0.3, 0.4) is 0 Å². The fraction of sp³-hybridized carbons (Fsp3) is 0.560. The van der Waals surface area contributed by atoms with Crippen molar-refractivity contribution in [3.63, 3.8) is 0 Å². The zero-order valence-corrected chi connectivity index (χ0v) is 18.6. The zero-order valence-electron chi connectivity index (χ0n) is 18.6. The molecule has 1 amide bonds. The Labute approximate surface area is 182 Å². The summed E-state index contributed by atoms with van der Waals surface area (Å²) >= 11 is 0. The fourth-order valence-electron chi connectivity index (χ4n) is 5.53. The Kier molecular flexibility index (Phi) is 4.72. The monoisotopic (exact) mass is 422 g/mol. The maximum absolute atomic E-state index is 13.4. The van der Waals surface area contributed by atoms with Crippen LogP contribution in [0.25, 0.3) is 11.0 Å². The minimum absolute atomic E-state index is 0.0386. The summed E-state index contributed by atoms with van der Waals surface area (Å²) < 4.78 is 5.79. The summed E-state index contributed by atoms with van der Waals surface area (Å²) in [5.74, 6) is -0.342. The van der Waals surface area contributed by atoms with E-state index in [0.29, 0.717) is 18.5 Å². The summed E-state index contributed by atoms with van der Waals surface area (Å²) in [5.41, 5.74) is 3.15. The summed E-state index contributed by atoms with van der Waals surface area (Å²) in [7, 11) is 0. The van der Waals surface area contributed by atoms with Gasteiger partial charge in [0.15, 0.2) is 5.78 Å². The molecule has 0 N–H and O–H groups in total. The lowest BCUT2D eigenvalue weighted by atomic mass is 9.85. The number of carbonyl (C=O) groups excluding carboxylic acids is 2. The molecule has 2 aromatic rings. The molecule has 1 aromatic heterocycles. The van der Waals surface area contributed by atoms with Crippen LogP contribution >= 0.6 is 0 Å². The Morgan fingerprint density at radius 1 is 1.03 bits per heavy atom. The third kappa shape index (κ3) is 3.27. The number of benzene rings is 1. The van der Waals surface area contributed by atoms with Crippen LogP contribution in [-0.2, 0) is 17.6 Å². The Hall–Kier alpha value is -2.63. The number of nitrogens with zero attached hydrogens (tertiary/aromatic N) is 2. The molecule has 5 rings (SSSR count). The van der Waals surface area contributed by atoms with Crippen LogP contribution in [0.4, 0.5) is 5.69 Å². The lowest BCUT2D eigenvalue weighted by Gasteiger charge is -2.37. The van der Waals surface area contributed by atoms with E-state index < -0.39 is 17.1 Å². The Bertz CT molecular complexity index is 1140. The van der Waals surface area contributed by atoms with Crippen molar-refractivity contribution in [1.29, 1.82) is 0 Å². The largest absolute Gasteiger partial charge is 0.422 e. The smallest absolute Gasteiger partial charge is 0.349 e. The van der Waals surface area contributed by atoms with Crippen molar-refractivity contribution < 1.29 is 14.0 Å². The molecule has 3 aliphatic rings. The van der Waals surface area contributed by atoms with Gasteiger partial charge in [0, 0.05) is 41.7 Å². The zero-order chi connectivity index (χ0) is 21.9. The molecular formula is C25H30N2O4. The molecule has 1 saturated heterocycles. The lowest BCUT2D eigenvalue weighted by Crippen LogP contribution is -2.45. The first kappa shape index (κ1) is 20.3. The van der Waals surface area contributed by atoms with Gasteiger partial charge in [-0.25, -0.2) is 4.79 Å². The van der Waals surface area contributed by atoms with Crippen LogP contribution in [0.5, 0.6) is 0 Å². The second-order valence-electron chi connectivity index (χ2n) is 10.2. The van der Waals surface area contributed by atoms with Crippen LogP contribution in [0, 0.1) is 5.41 Å². The number of carbonyl (C=O) groups is 2. The number of hydrogen-bond acceptors (Lipinski definition) is 5. The van der Waals surface area contributed by atoms with Crippen LogP contribution in [0.15, 0.2) is 21.3 Å². The van der Waals surface area contributed by atoms with Crippen LogP contribution in [0.2, 0.25) is 0 Å². The number of amides is 1. The minimum Gasteiger partial charge on any atom is -0.422 e. The molecule has 164 valence electrons. The van der Waals surface area contributed by atoms with E-state index in [1.165, 1.54) is 11.3 Å². The molecule has 1 unspecified atom stereocenters. The molecule has 4 heterocycles. The van der Waals surface area contributed by atoms with Gasteiger partial charge < -0.3 is 14.2 Å². The predicted molar refractivity (Wildman–Crippen MR) is 120 cm³/mol. The van der Waals surface area contributed by atoms with Gasteiger partial charge in [-0.3, -0.25) is 9.59 Å². The van der Waals surface area contributed by atoms with Crippen molar-refractivity contribution in [3.8, 4) is 0 Å². The molecule has 0 bridgehead atoms. The van der Waals surface area contributed by atoms with Gasteiger partial charge >= 0.3 is 5.63 Å². The van der Waals surface area contributed by atoms with Crippen molar-refractivity contribution in [1.82, 2.24) is 4.90 Å². The van der Waals surface area contributed by atoms with Gasteiger partial charge in [-0.1, -0.05) is 20.8 Å². The summed E-state index contributed by atoms with van der Waals surface area (Å²) in [6, 6.07) is 3.32. The molecule has 1 atom stereocenters. The van der Waals surface area contributed by atoms with Gasteiger partial charge in [-0.2, -0.15) is 0 Å². The van der Waals surface area contributed by atoms with E-state index in [4.69, 9.17) is 4.42 Å². The third-order valence-electron chi connectivity index (χ3n) is 7.00. The van der Waals surface area contributed by atoms with Crippen molar-refractivity contribution in [2.45, 2.75) is 65.3 Å². The highest BCUT2D eigenvalue weighted by Crippen LogP contribution is 2.40. The molecule has 0 radical (unpaired) electrons. The highest BCUT2D eigenvalue weighted by molar-refractivity contribution is 6.01. The number of fused-ring (bicyclic) bond motifs is 2. The standard InChI is InChI=1S/C25H30N2O4/c1-25(2,3)22(28)19-9-6-12-27(19)23(29)18-14-16-13-15-7-4-10-26-11-5-8-17(20(15)26)21(16)31-24(18)30/h13-14,19H,4-12H2,1-3H3. The molecule has 3 aliphatic heterocycles. The highest BCUT2D eigenvalue weighted by Gasteiger charge is 2.40. The van der Waals surface area contributed by atoms with Gasteiger partial charge in [0.2, 0.25) is 0 Å². The molecule has 0 saturated carbocycles. The molecule has 0 aliphatic carbocycles. The number of ketones is 1. The number of likely N-dealkylation sites (tertiary alicyclic amines) is 1. The number of anilines is 1. The van der Waals surface area contributed by atoms with Crippen molar-refractivity contribution in [3.05, 3.63) is 39.2 Å². The van der Waals surface area contributed by atoms with E-state index in [1.54, 1.807) is 11.0 Å². The molecule has 31 heavy (non-hydrogen) atoms. The molecule has 0 spiro atoms. The van der Waals surface area contributed by atoms with E-state index in [9.17, 15) is 14.4 Å². The van der Waals surface area contributed by atoms with E-state index in [-0.39, 0.29) is 17.3 Å². The Balaban J connectivity index is 1.57. The first-order valence-corrected chi connectivity index (χ1v) is 11.5. The first-order chi connectivity index (χ1) is 14.8. The van der Waals surface area contributed by atoms with Crippen molar-refractivity contribution in [2.75, 3.05) is 24.5 Å². The van der Waals surface area contributed by atoms with E-state index in [2.05, 4.69) is 11.0 Å². The van der Waals surface area contributed by atoms with Crippen LogP contribution < -0.4 is 10.5 Å². The second kappa shape index (κ2) is 7.21. The summed E-state index contributed by atoms with van der Waals surface area (Å²) in [6.45, 7) is 8.21. The number of hydrogen-bond donors (Lipinski definition) is 0. The SMILES string of the molecule is CC(C)(C)C(=O)C1CCCN1C(=O)c1cc2cc3c4c(c2oc1=O)CCCN4CCC3. The lowest BCUT2D eigenvalue weighted by molar-refractivity contribution is -0.130. The van der Waals surface area contributed by atoms with Gasteiger partial charge in [-0.15, -0.1) is 0 Å². The predicted octanol–water partition coefficient (Wildman–Crippen LogP) is 3.71. The maximum atomic E-state index is 13.4. The average molecular weight is 423 g/mol. The summed E-state index contributed by atoms with van der Waals surface area (Å²) in [4.78, 5) is 43.2. The summed E-state index contributed by atoms with van der Waals surface area (Å²) in [5, 5.41) is 0.818. The minimum atomic E-state index is -0.601. The van der Waals surface area contributed by atoms with Crippen molar-refractivity contribution in [2.24, 2.45) is 5.41 Å². The van der Waals surface area contributed by atoms with Gasteiger partial charge in [0.05, 0.1) is 6.04 Å². The second-order valence-corrected chi connectivity index (χ2v) is 10.2. The topological polar surface area (TPSA) is 70.8 Å². The molecule has 1 fully saturated rings. The van der Waals surface area contributed by atoms with Gasteiger partial charge in [-0.05, 0) is 56.2 Å². The average Bonchev–Trinajstić information content (AvgIpc) is 3.22. The van der Waals surface area contributed by atoms with Crippen molar-refractivity contribution >= 4 is 28.3 Å². The molecule has 6 heteroatoms. The van der Waals surface area contributed by atoms with Crippen LogP contribution in [-0.4, -0.2) is 42.3 Å². The number of aryl methyl sites for hydroxylation is 2. The molecule has 6 nitrogen and oxygen atoms in total. The van der Waals surface area contributed by atoms with E-state index >= 15 is 0 Å². The number of rotatable bonds is 2. The summed E-state index contributed by atoms with van der Waals surface area (Å²) in [6.07, 6.45) is 5.47. The van der Waals surface area contributed by atoms with Crippen LogP contribution in [0.1, 0.15) is 67.9 Å². The highest BCUT2D eigenvalue weighted by atomic mass is 16.4. The Morgan fingerprint density at radius 3 is 2.52 bits per heavy atom. The molecular weight excluding hydrogens is 392 g/mol. The maximum Gasteiger partial charge on any atom is 0.349 e. The normalized spacial score (nSPS) is 20.8. The fourth-order valence-corrected chi connectivity index (χ4v) is 5.53. The van der Waals surface area contributed by atoms with E-state index in [0.717, 1.165) is 56.1 Å². The number of Topliss-reactive ketones (excluding diaryl/α,β-unsaturated/α-hetero) is 1. The first-order valence-electron chi connectivity index (χ1n) is 11.5. The third-order valence-corrected chi connectivity index (χ3v) is 7.00. The van der Waals surface area contributed by atoms with Gasteiger partial charge in [0.1, 0.15) is 11.1 Å².